The molecule has 1 unspecified atom stereocenters. The predicted molar refractivity (Wildman–Crippen MR) is 108 cm³/mol. The second-order valence-corrected chi connectivity index (χ2v) is 7.46. The molecular weight excluding hydrogens is 290 g/mol. The van der Waals surface area contributed by atoms with Gasteiger partial charge in [-0.1, -0.05) is 114 Å². The van der Waals surface area contributed by atoms with Gasteiger partial charge >= 0.3 is 0 Å². The number of rotatable bonds is 16. The molecule has 0 amide bonds. The Morgan fingerprint density at radius 2 is 1.17 bits per heavy atom. The van der Waals surface area contributed by atoms with Crippen LogP contribution in [0, 0.1) is 0 Å². The maximum Gasteiger partial charge on any atom is 0.00419 e. The monoisotopic (exact) mass is 331 g/mol. The van der Waals surface area contributed by atoms with Gasteiger partial charge in [0.25, 0.3) is 0 Å². The summed E-state index contributed by atoms with van der Waals surface area (Å²) >= 11 is 0. The minimum Gasteiger partial charge on any atom is -0.328 e. The summed E-state index contributed by atoms with van der Waals surface area (Å²) in [6.45, 7) is 2.29. The van der Waals surface area contributed by atoms with Crippen LogP contribution in [0.25, 0.3) is 0 Å². The molecule has 0 saturated carbocycles. The van der Waals surface area contributed by atoms with E-state index in [4.69, 9.17) is 5.73 Å². The van der Waals surface area contributed by atoms with Gasteiger partial charge in [-0.2, -0.15) is 0 Å². The Morgan fingerprint density at radius 1 is 0.667 bits per heavy atom. The van der Waals surface area contributed by atoms with E-state index in [-0.39, 0.29) is 0 Å². The van der Waals surface area contributed by atoms with Gasteiger partial charge in [-0.15, -0.1) is 0 Å². The number of hydrogen-bond donors (Lipinski definition) is 1. The first-order valence-corrected chi connectivity index (χ1v) is 10.6. The molecule has 1 rings (SSSR count). The van der Waals surface area contributed by atoms with Crippen LogP contribution in [0.3, 0.4) is 0 Å². The van der Waals surface area contributed by atoms with Crippen LogP contribution < -0.4 is 5.73 Å². The van der Waals surface area contributed by atoms with Crippen LogP contribution in [0.4, 0.5) is 0 Å². The fourth-order valence-corrected chi connectivity index (χ4v) is 3.39. The van der Waals surface area contributed by atoms with Crippen molar-refractivity contribution in [2.24, 2.45) is 5.73 Å². The molecule has 1 aromatic rings. The van der Waals surface area contributed by atoms with Crippen molar-refractivity contribution in [3.05, 3.63) is 35.9 Å². The van der Waals surface area contributed by atoms with Crippen molar-refractivity contribution in [1.29, 1.82) is 0 Å². The topological polar surface area (TPSA) is 26.0 Å². The highest BCUT2D eigenvalue weighted by Crippen LogP contribution is 2.14. The maximum atomic E-state index is 6.25. The Hall–Kier alpha value is -0.820. The summed E-state index contributed by atoms with van der Waals surface area (Å²) in [5.41, 5.74) is 7.67. The molecule has 0 heterocycles. The largest absolute Gasteiger partial charge is 0.328 e. The summed E-state index contributed by atoms with van der Waals surface area (Å²) in [4.78, 5) is 0. The Bertz CT molecular complexity index is 360. The Labute approximate surface area is 151 Å². The van der Waals surface area contributed by atoms with E-state index < -0.39 is 0 Å². The fraction of sp³-hybridized carbons (Fsp3) is 0.739. The highest BCUT2D eigenvalue weighted by molar-refractivity contribution is 5.14. The van der Waals surface area contributed by atoms with Gasteiger partial charge in [0.15, 0.2) is 0 Å². The van der Waals surface area contributed by atoms with Gasteiger partial charge in [0.2, 0.25) is 0 Å². The van der Waals surface area contributed by atoms with Crippen molar-refractivity contribution < 1.29 is 0 Å². The zero-order chi connectivity index (χ0) is 17.3. The smallest absolute Gasteiger partial charge is 0.00419 e. The van der Waals surface area contributed by atoms with E-state index in [9.17, 15) is 0 Å². The normalized spacial score (nSPS) is 12.4. The van der Waals surface area contributed by atoms with Crippen LogP contribution in [0.2, 0.25) is 0 Å². The third-order valence-corrected chi connectivity index (χ3v) is 5.08. The Balaban J connectivity index is 1.81. The van der Waals surface area contributed by atoms with Gasteiger partial charge in [-0.25, -0.2) is 0 Å². The van der Waals surface area contributed by atoms with Crippen LogP contribution in [0.1, 0.15) is 102 Å². The molecule has 1 atom stereocenters. The van der Waals surface area contributed by atoms with Gasteiger partial charge in [-0.05, 0) is 24.8 Å². The third kappa shape index (κ3) is 12.6. The lowest BCUT2D eigenvalue weighted by molar-refractivity contribution is 0.503. The Morgan fingerprint density at radius 3 is 1.71 bits per heavy atom. The average Bonchev–Trinajstić information content (AvgIpc) is 2.62. The number of aryl methyl sites for hydroxylation is 1. The van der Waals surface area contributed by atoms with Gasteiger partial charge in [0.05, 0.1) is 0 Å². The summed E-state index contributed by atoms with van der Waals surface area (Å²) in [5.74, 6) is 0. The van der Waals surface area contributed by atoms with Crippen LogP contribution >= 0.6 is 0 Å². The predicted octanol–water partition coefficient (Wildman–Crippen LogP) is 7.04. The molecule has 1 aromatic carbocycles. The fourth-order valence-electron chi connectivity index (χ4n) is 3.39. The van der Waals surface area contributed by atoms with E-state index in [2.05, 4.69) is 37.3 Å². The number of unbranched alkanes of at least 4 members (excludes halogenated alkanes) is 11. The minimum atomic E-state index is 0.383. The van der Waals surface area contributed by atoms with Crippen molar-refractivity contribution in [3.63, 3.8) is 0 Å². The molecule has 24 heavy (non-hydrogen) atoms. The number of hydrogen-bond acceptors (Lipinski definition) is 1. The molecule has 2 N–H and O–H groups in total. The number of benzene rings is 1. The molecule has 0 radical (unpaired) electrons. The van der Waals surface area contributed by atoms with Crippen molar-refractivity contribution >= 4 is 0 Å². The van der Waals surface area contributed by atoms with E-state index in [0.29, 0.717) is 6.04 Å². The first-order valence-electron chi connectivity index (χ1n) is 10.6. The van der Waals surface area contributed by atoms with Gasteiger partial charge < -0.3 is 5.73 Å². The van der Waals surface area contributed by atoms with Crippen LogP contribution in [-0.4, -0.2) is 6.04 Å². The lowest BCUT2D eigenvalue weighted by Crippen LogP contribution is -2.20. The lowest BCUT2D eigenvalue weighted by atomic mass is 10.00. The summed E-state index contributed by atoms with van der Waals surface area (Å²) in [6, 6.07) is 11.1. The maximum absolute atomic E-state index is 6.25. The van der Waals surface area contributed by atoms with Gasteiger partial charge in [0.1, 0.15) is 0 Å². The van der Waals surface area contributed by atoms with Crippen LogP contribution in [0.5, 0.6) is 0 Å². The lowest BCUT2D eigenvalue weighted by Gasteiger charge is -2.11. The minimum absolute atomic E-state index is 0.383. The second-order valence-electron chi connectivity index (χ2n) is 7.46. The van der Waals surface area contributed by atoms with Crippen molar-refractivity contribution in [1.82, 2.24) is 0 Å². The molecule has 0 aliphatic carbocycles. The molecule has 0 bridgehead atoms. The van der Waals surface area contributed by atoms with Gasteiger partial charge in [0, 0.05) is 6.04 Å². The van der Waals surface area contributed by atoms with E-state index in [1.807, 2.05) is 0 Å². The van der Waals surface area contributed by atoms with E-state index >= 15 is 0 Å². The van der Waals surface area contributed by atoms with Gasteiger partial charge in [-0.3, -0.25) is 0 Å². The summed E-state index contributed by atoms with van der Waals surface area (Å²) in [6.07, 6.45) is 20.4. The SMILES string of the molecule is CCCCCCCCCCCCCCC(N)CCc1ccccc1. The molecule has 1 nitrogen and oxygen atoms in total. The molecule has 0 saturated heterocycles. The molecule has 1 heteroatoms. The summed E-state index contributed by atoms with van der Waals surface area (Å²) in [7, 11) is 0. The summed E-state index contributed by atoms with van der Waals surface area (Å²) < 4.78 is 0. The molecule has 0 aromatic heterocycles. The standard InChI is InChI=1S/C23H41N/c1-2-3-4-5-6-7-8-9-10-11-12-16-19-23(24)21-20-22-17-14-13-15-18-22/h13-15,17-18,23H,2-12,16,19-21,24H2,1H3. The molecule has 0 aliphatic rings. The highest BCUT2D eigenvalue weighted by Gasteiger charge is 2.03. The van der Waals surface area contributed by atoms with E-state index in [1.54, 1.807) is 0 Å². The van der Waals surface area contributed by atoms with Crippen LogP contribution in [0.15, 0.2) is 30.3 Å². The zero-order valence-corrected chi connectivity index (χ0v) is 16.1. The molecule has 0 fully saturated rings. The molecule has 0 aliphatic heterocycles. The molecule has 138 valence electrons. The molecular formula is C23H41N. The first-order chi connectivity index (χ1) is 11.8. The summed E-state index contributed by atoms with van der Waals surface area (Å²) in [5, 5.41) is 0. The second kappa shape index (κ2) is 15.7. The first kappa shape index (κ1) is 21.2. The van der Waals surface area contributed by atoms with E-state index in [1.165, 1.54) is 89.0 Å². The van der Waals surface area contributed by atoms with Crippen molar-refractivity contribution in [3.8, 4) is 0 Å². The zero-order valence-electron chi connectivity index (χ0n) is 16.1. The van der Waals surface area contributed by atoms with Crippen molar-refractivity contribution in [2.45, 2.75) is 109 Å². The van der Waals surface area contributed by atoms with Crippen LogP contribution in [-0.2, 0) is 6.42 Å². The number of nitrogens with two attached hydrogens (primary N) is 1. The van der Waals surface area contributed by atoms with E-state index in [0.717, 1.165) is 12.8 Å². The molecule has 0 spiro atoms. The Kier molecular flexibility index (Phi) is 13.9. The quantitative estimate of drug-likeness (QED) is 0.323. The highest BCUT2D eigenvalue weighted by atomic mass is 14.6. The average molecular weight is 332 g/mol. The van der Waals surface area contributed by atoms with Crippen molar-refractivity contribution in [2.75, 3.05) is 0 Å². The third-order valence-electron chi connectivity index (χ3n) is 5.08.